The van der Waals surface area contributed by atoms with Crippen LogP contribution in [0.25, 0.3) is 0 Å². The Bertz CT molecular complexity index is 205. The summed E-state index contributed by atoms with van der Waals surface area (Å²) in [5.74, 6) is 2.06. The van der Waals surface area contributed by atoms with E-state index in [1.807, 2.05) is 11.8 Å². The molecule has 0 atom stereocenters. The summed E-state index contributed by atoms with van der Waals surface area (Å²) in [6, 6.07) is 0. The zero-order chi connectivity index (χ0) is 10.5. The summed E-state index contributed by atoms with van der Waals surface area (Å²) < 4.78 is 0. The SMILES string of the molecule is O=C(CSC1CCCCC1)CC1CCC1. The molecule has 0 radical (unpaired) electrons. The van der Waals surface area contributed by atoms with E-state index in [2.05, 4.69) is 0 Å². The molecule has 2 aliphatic rings. The van der Waals surface area contributed by atoms with Crippen LogP contribution in [0.2, 0.25) is 0 Å². The lowest BCUT2D eigenvalue weighted by molar-refractivity contribution is -0.118. The molecule has 0 amide bonds. The number of ketones is 1. The molecule has 86 valence electrons. The molecule has 15 heavy (non-hydrogen) atoms. The molecule has 2 rings (SSSR count). The molecule has 2 saturated carbocycles. The van der Waals surface area contributed by atoms with E-state index in [1.165, 1.54) is 51.4 Å². The Morgan fingerprint density at radius 2 is 1.73 bits per heavy atom. The molecule has 2 heteroatoms. The maximum atomic E-state index is 11.7. The third-order valence-corrected chi connectivity index (χ3v) is 5.20. The van der Waals surface area contributed by atoms with Crippen molar-refractivity contribution < 1.29 is 4.79 Å². The maximum absolute atomic E-state index is 11.7. The molecule has 0 saturated heterocycles. The zero-order valence-electron chi connectivity index (χ0n) is 9.54. The van der Waals surface area contributed by atoms with Crippen LogP contribution in [0.5, 0.6) is 0 Å². The highest BCUT2D eigenvalue weighted by atomic mass is 32.2. The summed E-state index contributed by atoms with van der Waals surface area (Å²) in [7, 11) is 0. The second-order valence-electron chi connectivity index (χ2n) is 5.11. The molecule has 0 unspecified atom stereocenters. The molecular formula is C13H22OS. The van der Waals surface area contributed by atoms with Crippen molar-refractivity contribution in [2.24, 2.45) is 5.92 Å². The summed E-state index contributed by atoms with van der Waals surface area (Å²) in [5, 5.41) is 0.795. The number of hydrogen-bond donors (Lipinski definition) is 0. The van der Waals surface area contributed by atoms with E-state index in [0.29, 0.717) is 5.78 Å². The van der Waals surface area contributed by atoms with Crippen LogP contribution in [-0.2, 0) is 4.79 Å². The summed E-state index contributed by atoms with van der Waals surface area (Å²) >= 11 is 1.93. The number of Topliss-reactive ketones (excluding diaryl/α,β-unsaturated/α-hetero) is 1. The number of rotatable bonds is 5. The monoisotopic (exact) mass is 226 g/mol. The lowest BCUT2D eigenvalue weighted by atomic mass is 9.82. The highest BCUT2D eigenvalue weighted by molar-refractivity contribution is 8.00. The van der Waals surface area contributed by atoms with E-state index in [-0.39, 0.29) is 0 Å². The predicted octanol–water partition coefficient (Wildman–Crippen LogP) is 3.81. The van der Waals surface area contributed by atoms with Crippen molar-refractivity contribution in [1.82, 2.24) is 0 Å². The van der Waals surface area contributed by atoms with Crippen molar-refractivity contribution in [3.05, 3.63) is 0 Å². The first-order chi connectivity index (χ1) is 7.34. The van der Waals surface area contributed by atoms with Crippen LogP contribution in [0.3, 0.4) is 0 Å². The molecule has 0 heterocycles. The van der Waals surface area contributed by atoms with Crippen LogP contribution >= 0.6 is 11.8 Å². The molecule has 0 aromatic heterocycles. The fraction of sp³-hybridized carbons (Fsp3) is 0.923. The molecule has 0 aromatic carbocycles. The Balaban J connectivity index is 1.57. The van der Waals surface area contributed by atoms with Gasteiger partial charge in [-0.05, 0) is 18.8 Å². The first kappa shape index (κ1) is 11.5. The normalized spacial score (nSPS) is 23.7. The van der Waals surface area contributed by atoms with Crippen LogP contribution in [-0.4, -0.2) is 16.8 Å². The summed E-state index contributed by atoms with van der Waals surface area (Å²) in [6.45, 7) is 0. The van der Waals surface area contributed by atoms with Gasteiger partial charge in [0.15, 0.2) is 0 Å². The fourth-order valence-electron chi connectivity index (χ4n) is 2.52. The van der Waals surface area contributed by atoms with Crippen molar-refractivity contribution in [2.45, 2.75) is 63.0 Å². The quantitative estimate of drug-likeness (QED) is 0.709. The maximum Gasteiger partial charge on any atom is 0.143 e. The minimum absolute atomic E-state index is 0.510. The van der Waals surface area contributed by atoms with Gasteiger partial charge < -0.3 is 0 Å². The van der Waals surface area contributed by atoms with Gasteiger partial charge in [-0.15, -0.1) is 0 Å². The van der Waals surface area contributed by atoms with Crippen molar-refractivity contribution >= 4 is 17.5 Å². The average Bonchev–Trinajstić information content (AvgIpc) is 2.22. The van der Waals surface area contributed by atoms with Gasteiger partial charge in [0.25, 0.3) is 0 Å². The van der Waals surface area contributed by atoms with Gasteiger partial charge in [-0.3, -0.25) is 4.79 Å². The first-order valence-corrected chi connectivity index (χ1v) is 7.53. The van der Waals surface area contributed by atoms with Gasteiger partial charge in [0, 0.05) is 11.7 Å². The number of carbonyl (C=O) groups excluding carboxylic acids is 1. The van der Waals surface area contributed by atoms with Crippen LogP contribution in [0.4, 0.5) is 0 Å². The Hall–Kier alpha value is 0.0200. The predicted molar refractivity (Wildman–Crippen MR) is 66.3 cm³/mol. The molecule has 0 N–H and O–H groups in total. The van der Waals surface area contributed by atoms with E-state index in [0.717, 1.165) is 23.3 Å². The Kier molecular flexibility index (Phi) is 4.55. The highest BCUT2D eigenvalue weighted by Gasteiger charge is 2.21. The molecule has 0 aliphatic heterocycles. The Labute approximate surface area is 97.4 Å². The van der Waals surface area contributed by atoms with Gasteiger partial charge in [-0.2, -0.15) is 11.8 Å². The standard InChI is InChI=1S/C13H22OS/c14-12(9-11-5-4-6-11)10-15-13-7-2-1-3-8-13/h11,13H,1-10H2. The van der Waals surface area contributed by atoms with Crippen LogP contribution in [0.1, 0.15) is 57.8 Å². The lowest BCUT2D eigenvalue weighted by Crippen LogP contribution is -2.18. The lowest BCUT2D eigenvalue weighted by Gasteiger charge is -2.25. The molecule has 2 fully saturated rings. The second kappa shape index (κ2) is 5.93. The van der Waals surface area contributed by atoms with Gasteiger partial charge in [0.05, 0.1) is 5.75 Å². The van der Waals surface area contributed by atoms with E-state index in [4.69, 9.17) is 0 Å². The van der Waals surface area contributed by atoms with E-state index in [1.54, 1.807) is 0 Å². The molecule has 0 aromatic rings. The van der Waals surface area contributed by atoms with Gasteiger partial charge in [0.2, 0.25) is 0 Å². The number of thioether (sulfide) groups is 1. The van der Waals surface area contributed by atoms with E-state index < -0.39 is 0 Å². The van der Waals surface area contributed by atoms with Crippen LogP contribution < -0.4 is 0 Å². The van der Waals surface area contributed by atoms with Gasteiger partial charge >= 0.3 is 0 Å². The van der Waals surface area contributed by atoms with E-state index in [9.17, 15) is 4.79 Å². The molecular weight excluding hydrogens is 204 g/mol. The molecule has 2 aliphatic carbocycles. The van der Waals surface area contributed by atoms with Gasteiger partial charge in [0.1, 0.15) is 5.78 Å². The topological polar surface area (TPSA) is 17.1 Å². The largest absolute Gasteiger partial charge is 0.299 e. The zero-order valence-corrected chi connectivity index (χ0v) is 10.4. The smallest absolute Gasteiger partial charge is 0.143 e. The third kappa shape index (κ3) is 3.82. The summed E-state index contributed by atoms with van der Waals surface area (Å²) in [6.07, 6.45) is 11.7. The van der Waals surface area contributed by atoms with Crippen molar-refractivity contribution in [2.75, 3.05) is 5.75 Å². The third-order valence-electron chi connectivity index (χ3n) is 3.77. The summed E-state index contributed by atoms with van der Waals surface area (Å²) in [5.41, 5.74) is 0. The van der Waals surface area contributed by atoms with Crippen LogP contribution in [0.15, 0.2) is 0 Å². The first-order valence-electron chi connectivity index (χ1n) is 6.48. The number of hydrogen-bond acceptors (Lipinski definition) is 2. The number of carbonyl (C=O) groups is 1. The fourth-order valence-corrected chi connectivity index (χ4v) is 3.73. The average molecular weight is 226 g/mol. The van der Waals surface area contributed by atoms with Crippen molar-refractivity contribution in [1.29, 1.82) is 0 Å². The second-order valence-corrected chi connectivity index (χ2v) is 6.40. The minimum Gasteiger partial charge on any atom is -0.299 e. The van der Waals surface area contributed by atoms with Crippen LogP contribution in [0, 0.1) is 5.92 Å². The molecule has 1 nitrogen and oxygen atoms in total. The molecule has 0 spiro atoms. The van der Waals surface area contributed by atoms with Crippen molar-refractivity contribution in [3.63, 3.8) is 0 Å². The highest BCUT2D eigenvalue weighted by Crippen LogP contribution is 2.31. The van der Waals surface area contributed by atoms with E-state index >= 15 is 0 Å². The Morgan fingerprint density at radius 1 is 1.00 bits per heavy atom. The van der Waals surface area contributed by atoms with Gasteiger partial charge in [-0.25, -0.2) is 0 Å². The van der Waals surface area contributed by atoms with Gasteiger partial charge in [-0.1, -0.05) is 38.5 Å². The Morgan fingerprint density at radius 3 is 2.33 bits per heavy atom. The minimum atomic E-state index is 0.510. The summed E-state index contributed by atoms with van der Waals surface area (Å²) in [4.78, 5) is 11.7. The molecule has 0 bridgehead atoms. The van der Waals surface area contributed by atoms with Crippen molar-refractivity contribution in [3.8, 4) is 0 Å².